The van der Waals surface area contributed by atoms with E-state index in [0.717, 1.165) is 24.8 Å². The summed E-state index contributed by atoms with van der Waals surface area (Å²) in [6, 6.07) is 0. The lowest BCUT2D eigenvalue weighted by Crippen LogP contribution is -2.58. The molecule has 7 atom stereocenters. The molecule has 4 rings (SSSR count). The number of hydrogen-bond donors (Lipinski definition) is 2. The van der Waals surface area contributed by atoms with E-state index in [2.05, 4.69) is 13.8 Å². The van der Waals surface area contributed by atoms with Gasteiger partial charge in [0.2, 0.25) is 0 Å². The Morgan fingerprint density at radius 2 is 1.88 bits per heavy atom. The average Bonchev–Trinajstić information content (AvgIpc) is 2.83. The van der Waals surface area contributed by atoms with Crippen LogP contribution in [0.5, 0.6) is 0 Å². The van der Waals surface area contributed by atoms with Crippen LogP contribution in [-0.2, 0) is 9.59 Å². The molecule has 0 aromatic rings. The van der Waals surface area contributed by atoms with Crippen LogP contribution in [0.3, 0.4) is 0 Å². The summed E-state index contributed by atoms with van der Waals surface area (Å²) < 4.78 is 0. The fourth-order valence-electron chi connectivity index (χ4n) is 6.84. The predicted molar refractivity (Wildman–Crippen MR) is 93.6 cm³/mol. The van der Waals surface area contributed by atoms with Crippen molar-refractivity contribution in [3.8, 4) is 0 Å². The molecule has 4 aliphatic carbocycles. The number of rotatable bonds is 1. The Balaban J connectivity index is 1.75. The van der Waals surface area contributed by atoms with Crippen molar-refractivity contribution in [1.82, 2.24) is 0 Å². The molecule has 136 valence electrons. The maximum atomic E-state index is 12.2. The van der Waals surface area contributed by atoms with Gasteiger partial charge >= 0.3 is 0 Å². The predicted octanol–water partition coefficient (Wildman–Crippen LogP) is 2.59. The molecule has 0 aromatic heterocycles. The van der Waals surface area contributed by atoms with Crippen molar-refractivity contribution in [1.29, 1.82) is 0 Å². The Kier molecular flexibility index (Phi) is 3.53. The van der Waals surface area contributed by atoms with E-state index in [0.29, 0.717) is 18.8 Å². The molecule has 0 radical (unpaired) electrons. The molecule has 4 nitrogen and oxygen atoms in total. The quantitative estimate of drug-likeness (QED) is 0.767. The third kappa shape index (κ3) is 2.01. The molecule has 0 spiro atoms. The molecule has 0 bridgehead atoms. The van der Waals surface area contributed by atoms with E-state index < -0.39 is 17.1 Å². The lowest BCUT2D eigenvalue weighted by atomic mass is 9.46. The fourth-order valence-corrected chi connectivity index (χ4v) is 6.84. The first-order valence-electron chi connectivity index (χ1n) is 9.50. The number of hydrogen-bond acceptors (Lipinski definition) is 4. The summed E-state index contributed by atoms with van der Waals surface area (Å²) in [5, 5.41) is 21.9. The third-order valence-electron chi connectivity index (χ3n) is 8.31. The molecule has 3 fully saturated rings. The highest BCUT2D eigenvalue weighted by molar-refractivity contribution is 6.01. The van der Waals surface area contributed by atoms with Gasteiger partial charge in [0.25, 0.3) is 0 Å². The summed E-state index contributed by atoms with van der Waals surface area (Å²) in [6.45, 7) is 5.71. The van der Waals surface area contributed by atoms with Crippen LogP contribution in [0.25, 0.3) is 0 Å². The molecule has 3 saturated carbocycles. The minimum Gasteiger partial charge on any atom is -0.389 e. The molecular weight excluding hydrogens is 316 g/mol. The van der Waals surface area contributed by atoms with Crippen molar-refractivity contribution in [2.24, 2.45) is 28.6 Å². The Labute approximate surface area is 149 Å². The zero-order valence-electron chi connectivity index (χ0n) is 15.3. The minimum absolute atomic E-state index is 0.0440. The zero-order chi connectivity index (χ0) is 18.2. The van der Waals surface area contributed by atoms with Crippen LogP contribution in [0.2, 0.25) is 0 Å². The van der Waals surface area contributed by atoms with Crippen molar-refractivity contribution >= 4 is 11.6 Å². The van der Waals surface area contributed by atoms with E-state index in [1.54, 1.807) is 12.2 Å². The number of carbonyl (C=O) groups is 2. The molecule has 4 heteroatoms. The second kappa shape index (κ2) is 5.14. The molecule has 0 aliphatic heterocycles. The van der Waals surface area contributed by atoms with Crippen molar-refractivity contribution < 1.29 is 19.8 Å². The summed E-state index contributed by atoms with van der Waals surface area (Å²) in [4.78, 5) is 24.0. The van der Waals surface area contributed by atoms with Crippen LogP contribution in [0.1, 0.15) is 52.9 Å². The van der Waals surface area contributed by atoms with Crippen LogP contribution in [0.15, 0.2) is 23.8 Å². The first kappa shape index (κ1) is 17.2. The maximum Gasteiger partial charge on any atom is 0.178 e. The molecule has 25 heavy (non-hydrogen) atoms. The number of carbonyl (C=O) groups excluding carboxylic acids is 2. The van der Waals surface area contributed by atoms with Gasteiger partial charge in [0, 0.05) is 10.8 Å². The lowest BCUT2D eigenvalue weighted by molar-refractivity contribution is -0.160. The molecule has 0 heterocycles. The standard InChI is InChI=1S/C21H28O4/c1-12(22)21(25)9-6-16-14-11-18(24)17-10-13(23)4-7-19(17,2)15(14)5-8-20(16,21)3/h4,7,10,14-16,18,24-25H,5-6,8-9,11H2,1-3H3/t14-,15+,16+,18-,19-,20+,21+/m1/s1. The van der Waals surface area contributed by atoms with Gasteiger partial charge in [0.15, 0.2) is 11.6 Å². The van der Waals surface area contributed by atoms with Gasteiger partial charge in [-0.1, -0.05) is 19.9 Å². The van der Waals surface area contributed by atoms with E-state index >= 15 is 0 Å². The highest BCUT2D eigenvalue weighted by Gasteiger charge is 2.66. The number of Topliss-reactive ketones (excluding diaryl/α,β-unsaturated/α-hetero) is 1. The largest absolute Gasteiger partial charge is 0.389 e. The Morgan fingerprint density at radius 1 is 1.20 bits per heavy atom. The van der Waals surface area contributed by atoms with E-state index in [1.807, 2.05) is 6.08 Å². The van der Waals surface area contributed by atoms with Gasteiger partial charge in [-0.15, -0.1) is 0 Å². The van der Waals surface area contributed by atoms with Crippen LogP contribution < -0.4 is 0 Å². The van der Waals surface area contributed by atoms with Crippen molar-refractivity contribution in [2.75, 3.05) is 0 Å². The number of allylic oxidation sites excluding steroid dienone is 3. The molecule has 0 amide bonds. The van der Waals surface area contributed by atoms with E-state index in [4.69, 9.17) is 0 Å². The smallest absolute Gasteiger partial charge is 0.178 e. The zero-order valence-corrected chi connectivity index (χ0v) is 15.3. The average molecular weight is 344 g/mol. The first-order chi connectivity index (χ1) is 11.6. The normalized spacial score (nSPS) is 51.4. The van der Waals surface area contributed by atoms with Gasteiger partial charge < -0.3 is 10.2 Å². The summed E-state index contributed by atoms with van der Waals surface area (Å²) in [5.74, 6) is 0.680. The minimum atomic E-state index is -1.23. The van der Waals surface area contributed by atoms with Crippen molar-refractivity contribution in [3.63, 3.8) is 0 Å². The number of aliphatic hydroxyl groups excluding tert-OH is 1. The topological polar surface area (TPSA) is 74.6 Å². The van der Waals surface area contributed by atoms with E-state index in [1.165, 1.54) is 6.92 Å². The van der Waals surface area contributed by atoms with Gasteiger partial charge in [0.1, 0.15) is 5.60 Å². The van der Waals surface area contributed by atoms with Crippen molar-refractivity contribution in [2.45, 2.75) is 64.6 Å². The molecule has 2 N–H and O–H groups in total. The third-order valence-corrected chi connectivity index (χ3v) is 8.31. The van der Waals surface area contributed by atoms with Crippen LogP contribution >= 0.6 is 0 Å². The molecule has 4 aliphatic rings. The lowest BCUT2D eigenvalue weighted by Gasteiger charge is -2.58. The fraction of sp³-hybridized carbons (Fsp3) is 0.714. The van der Waals surface area contributed by atoms with Gasteiger partial charge in [0.05, 0.1) is 6.10 Å². The number of fused-ring (bicyclic) bond motifs is 5. The van der Waals surface area contributed by atoms with E-state index in [-0.39, 0.29) is 28.8 Å². The van der Waals surface area contributed by atoms with Gasteiger partial charge in [-0.05, 0) is 74.5 Å². The van der Waals surface area contributed by atoms with Gasteiger partial charge in [-0.2, -0.15) is 0 Å². The number of ketones is 2. The van der Waals surface area contributed by atoms with Crippen molar-refractivity contribution in [3.05, 3.63) is 23.8 Å². The van der Waals surface area contributed by atoms with Crippen LogP contribution in [0.4, 0.5) is 0 Å². The highest BCUT2D eigenvalue weighted by atomic mass is 16.3. The Bertz CT molecular complexity index is 707. The monoisotopic (exact) mass is 344 g/mol. The molecule has 0 unspecified atom stereocenters. The Morgan fingerprint density at radius 3 is 2.56 bits per heavy atom. The van der Waals surface area contributed by atoms with Crippen LogP contribution in [-0.4, -0.2) is 33.5 Å². The van der Waals surface area contributed by atoms with Gasteiger partial charge in [-0.25, -0.2) is 0 Å². The molecule has 0 saturated heterocycles. The SMILES string of the molecule is CC(=O)[C@@]1(O)CC[C@H]2[C@@H]3C[C@@H](O)C4=CC(=O)C=C[C@]4(C)[C@H]3CC[C@@]21C. The Hall–Kier alpha value is -1.26. The molecule has 0 aromatic carbocycles. The first-order valence-corrected chi connectivity index (χ1v) is 9.50. The van der Waals surface area contributed by atoms with E-state index in [9.17, 15) is 19.8 Å². The molecular formula is C21H28O4. The summed E-state index contributed by atoms with van der Waals surface area (Å²) in [5.41, 5.74) is -1.09. The number of aliphatic hydroxyl groups is 2. The second-order valence-electron chi connectivity index (χ2n) is 9.16. The summed E-state index contributed by atoms with van der Waals surface area (Å²) >= 11 is 0. The maximum absolute atomic E-state index is 12.2. The van der Waals surface area contributed by atoms with Crippen LogP contribution in [0, 0.1) is 28.6 Å². The van der Waals surface area contributed by atoms with Gasteiger partial charge in [-0.3, -0.25) is 9.59 Å². The summed E-state index contributed by atoms with van der Waals surface area (Å²) in [7, 11) is 0. The highest BCUT2D eigenvalue weighted by Crippen LogP contribution is 2.67. The summed E-state index contributed by atoms with van der Waals surface area (Å²) in [6.07, 6.45) is 8.33. The second-order valence-corrected chi connectivity index (χ2v) is 9.16.